The van der Waals surface area contributed by atoms with Gasteiger partial charge in [-0.2, -0.15) is 5.10 Å². The maximum Gasteiger partial charge on any atom is 0.253 e. The summed E-state index contributed by atoms with van der Waals surface area (Å²) in [5.74, 6) is 0.686. The molecule has 3 rings (SSSR count). The number of para-hydroxylation sites is 1. The number of rotatable bonds is 6. The molecule has 2 N–H and O–H groups in total. The van der Waals surface area contributed by atoms with Gasteiger partial charge in [-0.25, -0.2) is 4.98 Å². The Morgan fingerprint density at radius 2 is 2.17 bits per heavy atom. The van der Waals surface area contributed by atoms with Crippen LogP contribution in [-0.2, 0) is 4.74 Å². The van der Waals surface area contributed by atoms with Gasteiger partial charge >= 0.3 is 0 Å². The van der Waals surface area contributed by atoms with Crippen molar-refractivity contribution in [3.63, 3.8) is 0 Å². The van der Waals surface area contributed by atoms with Crippen LogP contribution in [-0.4, -0.2) is 59.7 Å². The number of H-pyrrole nitrogens is 1. The van der Waals surface area contributed by atoms with Gasteiger partial charge in [-0.15, -0.1) is 0 Å². The second kappa shape index (κ2) is 7.98. The molecule has 1 fully saturated rings. The summed E-state index contributed by atoms with van der Waals surface area (Å²) in [6.07, 6.45) is 1.47. The number of benzene rings is 1. The molecule has 23 heavy (non-hydrogen) atoms. The fraction of sp³-hybridized carbons (Fsp3) is 0.400. The highest BCUT2D eigenvalue weighted by Gasteiger charge is 2.18. The SMILES string of the molecule is O=C(NCCSc1ncn[nH]1)c1ccccc1N1CCOCC1. The Bertz CT molecular complexity index is 629. The van der Waals surface area contributed by atoms with E-state index >= 15 is 0 Å². The van der Waals surface area contributed by atoms with Crippen LogP contribution in [0, 0.1) is 0 Å². The number of carbonyl (C=O) groups excluding carboxylic acids is 1. The summed E-state index contributed by atoms with van der Waals surface area (Å²) in [5, 5.41) is 10.3. The standard InChI is InChI=1S/C15H19N5O2S/c21-14(16-5-10-23-15-17-11-18-19-15)12-3-1-2-4-13(12)20-6-8-22-9-7-20/h1-4,11H,5-10H2,(H,16,21)(H,17,18,19). The van der Waals surface area contributed by atoms with E-state index < -0.39 is 0 Å². The molecule has 1 aliphatic heterocycles. The highest BCUT2D eigenvalue weighted by molar-refractivity contribution is 7.99. The van der Waals surface area contributed by atoms with Gasteiger partial charge in [0.25, 0.3) is 5.91 Å². The Morgan fingerprint density at radius 3 is 2.96 bits per heavy atom. The molecule has 8 heteroatoms. The van der Waals surface area contributed by atoms with E-state index in [1.807, 2.05) is 24.3 Å². The largest absolute Gasteiger partial charge is 0.378 e. The number of nitrogens with zero attached hydrogens (tertiary/aromatic N) is 3. The first kappa shape index (κ1) is 15.8. The molecule has 1 amide bonds. The highest BCUT2D eigenvalue weighted by Crippen LogP contribution is 2.21. The lowest BCUT2D eigenvalue weighted by Gasteiger charge is -2.30. The molecular formula is C15H19N5O2S. The van der Waals surface area contributed by atoms with Crippen LogP contribution in [0.4, 0.5) is 5.69 Å². The Kier molecular flexibility index (Phi) is 5.49. The number of amides is 1. The van der Waals surface area contributed by atoms with Gasteiger partial charge in [0.1, 0.15) is 6.33 Å². The second-order valence-corrected chi connectivity index (χ2v) is 6.10. The maximum atomic E-state index is 12.5. The summed E-state index contributed by atoms with van der Waals surface area (Å²) < 4.78 is 5.38. The number of carbonyl (C=O) groups is 1. The van der Waals surface area contributed by atoms with Crippen LogP contribution in [0.15, 0.2) is 35.7 Å². The van der Waals surface area contributed by atoms with Crippen LogP contribution >= 0.6 is 11.8 Å². The molecule has 1 aromatic carbocycles. The molecular weight excluding hydrogens is 314 g/mol. The summed E-state index contributed by atoms with van der Waals surface area (Å²) in [7, 11) is 0. The number of thioether (sulfide) groups is 1. The second-order valence-electron chi connectivity index (χ2n) is 5.01. The molecule has 0 atom stereocenters. The third kappa shape index (κ3) is 4.23. The smallest absolute Gasteiger partial charge is 0.253 e. The lowest BCUT2D eigenvalue weighted by Crippen LogP contribution is -2.38. The Morgan fingerprint density at radius 1 is 1.35 bits per heavy atom. The zero-order valence-corrected chi connectivity index (χ0v) is 13.5. The third-order valence-corrected chi connectivity index (χ3v) is 4.40. The summed E-state index contributed by atoms with van der Waals surface area (Å²) in [6, 6.07) is 7.71. The number of aromatic amines is 1. The van der Waals surface area contributed by atoms with E-state index in [-0.39, 0.29) is 5.91 Å². The van der Waals surface area contributed by atoms with Gasteiger partial charge in [0.2, 0.25) is 0 Å². The fourth-order valence-electron chi connectivity index (χ4n) is 2.42. The van der Waals surface area contributed by atoms with Crippen molar-refractivity contribution in [2.45, 2.75) is 5.16 Å². The predicted octanol–water partition coefficient (Wildman–Crippen LogP) is 1.16. The van der Waals surface area contributed by atoms with Crippen molar-refractivity contribution in [3.05, 3.63) is 36.2 Å². The zero-order chi connectivity index (χ0) is 15.9. The van der Waals surface area contributed by atoms with Crippen molar-refractivity contribution < 1.29 is 9.53 Å². The van der Waals surface area contributed by atoms with Crippen molar-refractivity contribution in [2.24, 2.45) is 0 Å². The van der Waals surface area contributed by atoms with Crippen LogP contribution in [0.2, 0.25) is 0 Å². The number of morpholine rings is 1. The Balaban J connectivity index is 1.56. The van der Waals surface area contributed by atoms with Gasteiger partial charge in [-0.05, 0) is 12.1 Å². The summed E-state index contributed by atoms with van der Waals surface area (Å²) in [5.41, 5.74) is 1.68. The first-order valence-corrected chi connectivity index (χ1v) is 8.51. The van der Waals surface area contributed by atoms with Gasteiger partial charge in [-0.1, -0.05) is 23.9 Å². The lowest BCUT2D eigenvalue weighted by molar-refractivity contribution is 0.0954. The monoisotopic (exact) mass is 333 g/mol. The average molecular weight is 333 g/mol. The minimum Gasteiger partial charge on any atom is -0.378 e. The van der Waals surface area contributed by atoms with Crippen molar-refractivity contribution in [1.29, 1.82) is 0 Å². The molecule has 0 bridgehead atoms. The van der Waals surface area contributed by atoms with E-state index in [1.165, 1.54) is 18.1 Å². The molecule has 0 saturated carbocycles. The quantitative estimate of drug-likeness (QED) is 0.610. The summed E-state index contributed by atoms with van der Waals surface area (Å²) >= 11 is 1.53. The minimum atomic E-state index is -0.0507. The van der Waals surface area contributed by atoms with Gasteiger partial charge in [0.15, 0.2) is 5.16 Å². The van der Waals surface area contributed by atoms with Crippen LogP contribution in [0.1, 0.15) is 10.4 Å². The molecule has 0 spiro atoms. The third-order valence-electron chi connectivity index (χ3n) is 3.52. The number of ether oxygens (including phenoxy) is 1. The van der Waals surface area contributed by atoms with Gasteiger partial charge in [-0.3, -0.25) is 9.89 Å². The average Bonchev–Trinajstić information content (AvgIpc) is 3.13. The molecule has 1 aliphatic rings. The molecule has 0 aliphatic carbocycles. The minimum absolute atomic E-state index is 0.0507. The number of nitrogens with one attached hydrogen (secondary N) is 2. The molecule has 2 heterocycles. The van der Waals surface area contributed by atoms with Crippen LogP contribution in [0.3, 0.4) is 0 Å². The van der Waals surface area contributed by atoms with Crippen LogP contribution < -0.4 is 10.2 Å². The molecule has 0 unspecified atom stereocenters. The molecule has 122 valence electrons. The topological polar surface area (TPSA) is 83.1 Å². The Hall–Kier alpha value is -2.06. The fourth-order valence-corrected chi connectivity index (χ4v) is 3.05. The van der Waals surface area contributed by atoms with Crippen LogP contribution in [0.5, 0.6) is 0 Å². The lowest BCUT2D eigenvalue weighted by atomic mass is 10.1. The molecule has 2 aromatic rings. The Labute approximate surface area is 138 Å². The highest BCUT2D eigenvalue weighted by atomic mass is 32.2. The van der Waals surface area contributed by atoms with Crippen molar-refractivity contribution in [3.8, 4) is 0 Å². The number of anilines is 1. The maximum absolute atomic E-state index is 12.5. The van der Waals surface area contributed by atoms with Crippen molar-refractivity contribution in [2.75, 3.05) is 43.5 Å². The van der Waals surface area contributed by atoms with Gasteiger partial charge < -0.3 is 15.0 Å². The van der Waals surface area contributed by atoms with E-state index in [4.69, 9.17) is 4.74 Å². The first-order chi connectivity index (χ1) is 11.3. The summed E-state index contributed by atoms with van der Waals surface area (Å²) in [6.45, 7) is 3.59. The van der Waals surface area contributed by atoms with E-state index in [0.717, 1.165) is 29.7 Å². The molecule has 7 nitrogen and oxygen atoms in total. The van der Waals surface area contributed by atoms with E-state index in [0.29, 0.717) is 25.3 Å². The van der Waals surface area contributed by atoms with Crippen molar-refractivity contribution in [1.82, 2.24) is 20.5 Å². The first-order valence-electron chi connectivity index (χ1n) is 7.52. The number of hydrogen-bond donors (Lipinski definition) is 2. The van der Waals surface area contributed by atoms with Crippen LogP contribution in [0.25, 0.3) is 0 Å². The van der Waals surface area contributed by atoms with Crippen molar-refractivity contribution >= 4 is 23.4 Å². The van der Waals surface area contributed by atoms with E-state index in [1.54, 1.807) is 0 Å². The summed E-state index contributed by atoms with van der Waals surface area (Å²) in [4.78, 5) is 18.7. The zero-order valence-electron chi connectivity index (χ0n) is 12.7. The molecule has 1 aromatic heterocycles. The molecule has 1 saturated heterocycles. The number of aromatic nitrogens is 3. The predicted molar refractivity (Wildman–Crippen MR) is 88.9 cm³/mol. The van der Waals surface area contributed by atoms with E-state index in [9.17, 15) is 4.79 Å². The number of hydrogen-bond acceptors (Lipinski definition) is 6. The normalized spacial score (nSPS) is 14.7. The van der Waals surface area contributed by atoms with Gasteiger partial charge in [0, 0.05) is 31.1 Å². The van der Waals surface area contributed by atoms with Gasteiger partial charge in [0.05, 0.1) is 18.8 Å². The molecule has 0 radical (unpaired) electrons. The van der Waals surface area contributed by atoms with E-state index in [2.05, 4.69) is 25.4 Å².